The number of aliphatic imine (C=N–C) groups is 1. The molecule has 0 unspecified atom stereocenters. The average molecular weight is 363 g/mol. The van der Waals surface area contributed by atoms with E-state index in [9.17, 15) is 13.2 Å². The Hall–Kier alpha value is -1.49. The van der Waals surface area contributed by atoms with Crippen LogP contribution in [0.4, 0.5) is 13.2 Å². The molecule has 0 bridgehead atoms. The number of aliphatic hydroxyl groups is 2. The summed E-state index contributed by atoms with van der Waals surface area (Å²) in [5.41, 5.74) is 1.82. The minimum atomic E-state index is -5.24. The maximum Gasteiger partial charge on any atom is 0.450 e. The fourth-order valence-corrected chi connectivity index (χ4v) is 3.48. The molecule has 0 fully saturated rings. The van der Waals surface area contributed by atoms with Crippen LogP contribution in [0.3, 0.4) is 0 Å². The van der Waals surface area contributed by atoms with Gasteiger partial charge in [-0.3, -0.25) is 4.99 Å². The summed E-state index contributed by atoms with van der Waals surface area (Å²) in [4.78, 5) is 3.93. The summed E-state index contributed by atoms with van der Waals surface area (Å²) >= 11 is 1.65. The van der Waals surface area contributed by atoms with Crippen molar-refractivity contribution in [3.05, 3.63) is 40.4 Å². The van der Waals surface area contributed by atoms with Crippen molar-refractivity contribution in [3.8, 4) is 0 Å². The van der Waals surface area contributed by atoms with Gasteiger partial charge in [0.1, 0.15) is 0 Å². The predicted molar refractivity (Wildman–Crippen MR) is 81.6 cm³/mol. The molecule has 1 heterocycles. The molecular formula is C13H12F3N3O2S2. The lowest BCUT2D eigenvalue weighted by Crippen LogP contribution is -2.41. The van der Waals surface area contributed by atoms with Crippen LogP contribution < -0.4 is 0 Å². The highest BCUT2D eigenvalue weighted by Crippen LogP contribution is 2.39. The molecule has 1 aromatic carbocycles. The Morgan fingerprint density at radius 1 is 1.26 bits per heavy atom. The first-order valence-corrected chi connectivity index (χ1v) is 8.04. The normalized spacial score (nSPS) is 13.0. The number of hydrogen-bond donors (Lipinski definition) is 2. The highest BCUT2D eigenvalue weighted by Gasteiger charge is 2.57. The number of alkyl halides is 3. The van der Waals surface area contributed by atoms with Crippen LogP contribution in [0.25, 0.3) is 0 Å². The Morgan fingerprint density at radius 2 is 1.96 bits per heavy atom. The predicted octanol–water partition coefficient (Wildman–Crippen LogP) is 2.58. The maximum atomic E-state index is 12.5. The number of benzene rings is 1. The summed E-state index contributed by atoms with van der Waals surface area (Å²) in [6.45, 7) is 0. The van der Waals surface area contributed by atoms with Crippen molar-refractivity contribution >= 4 is 29.3 Å². The molecule has 2 aromatic rings. The van der Waals surface area contributed by atoms with E-state index in [2.05, 4.69) is 15.2 Å². The summed E-state index contributed by atoms with van der Waals surface area (Å²) in [5.74, 6) is -3.55. The Kier molecular flexibility index (Phi) is 5.40. The summed E-state index contributed by atoms with van der Waals surface area (Å²) in [7, 11) is 1.64. The van der Waals surface area contributed by atoms with Gasteiger partial charge in [0, 0.05) is 19.0 Å². The Morgan fingerprint density at radius 3 is 2.61 bits per heavy atom. The smallest absolute Gasteiger partial charge is 0.353 e. The van der Waals surface area contributed by atoms with E-state index in [1.54, 1.807) is 13.3 Å². The second-order valence-corrected chi connectivity index (χ2v) is 6.62. The van der Waals surface area contributed by atoms with Crippen LogP contribution in [0.5, 0.6) is 0 Å². The van der Waals surface area contributed by atoms with Crippen LogP contribution in [-0.4, -0.2) is 39.8 Å². The van der Waals surface area contributed by atoms with Crippen molar-refractivity contribution < 1.29 is 23.4 Å². The Balaban J connectivity index is 2.12. The molecule has 5 nitrogen and oxygen atoms in total. The van der Waals surface area contributed by atoms with E-state index in [1.807, 2.05) is 24.3 Å². The second kappa shape index (κ2) is 6.95. The van der Waals surface area contributed by atoms with Gasteiger partial charge in [-0.15, -0.1) is 10.2 Å². The van der Waals surface area contributed by atoms with Crippen LogP contribution in [0, 0.1) is 0 Å². The van der Waals surface area contributed by atoms with Gasteiger partial charge in [-0.1, -0.05) is 47.4 Å². The zero-order chi connectivity index (χ0) is 17.1. The van der Waals surface area contributed by atoms with Crippen molar-refractivity contribution in [2.75, 3.05) is 7.05 Å². The van der Waals surface area contributed by atoms with Crippen molar-refractivity contribution in [1.29, 1.82) is 0 Å². The van der Waals surface area contributed by atoms with Crippen LogP contribution in [0.15, 0.2) is 33.6 Å². The number of aromatic nitrogens is 2. The van der Waals surface area contributed by atoms with Gasteiger partial charge in [-0.05, 0) is 11.1 Å². The molecule has 0 saturated heterocycles. The molecular weight excluding hydrogens is 351 g/mol. The molecule has 0 radical (unpaired) electrons. The van der Waals surface area contributed by atoms with E-state index < -0.39 is 17.0 Å². The molecule has 0 aliphatic heterocycles. The first-order chi connectivity index (χ1) is 10.8. The fourth-order valence-electron chi connectivity index (χ4n) is 1.60. The van der Waals surface area contributed by atoms with Crippen LogP contribution in [0.2, 0.25) is 0 Å². The lowest BCUT2D eigenvalue weighted by molar-refractivity contribution is -0.358. The molecule has 0 saturated carbocycles. The molecule has 23 heavy (non-hydrogen) atoms. The number of halogens is 3. The van der Waals surface area contributed by atoms with Crippen molar-refractivity contribution in [2.24, 2.45) is 4.99 Å². The van der Waals surface area contributed by atoms with Gasteiger partial charge >= 0.3 is 12.0 Å². The maximum absolute atomic E-state index is 12.5. The van der Waals surface area contributed by atoms with Crippen molar-refractivity contribution in [1.82, 2.24) is 10.2 Å². The lowest BCUT2D eigenvalue weighted by atomic mass is 10.1. The lowest BCUT2D eigenvalue weighted by Gasteiger charge is -2.20. The minimum absolute atomic E-state index is 0.208. The Bertz CT molecular complexity index is 702. The van der Waals surface area contributed by atoms with Crippen LogP contribution in [-0.2, 0) is 11.5 Å². The highest BCUT2D eigenvalue weighted by atomic mass is 32.2. The van der Waals surface area contributed by atoms with Gasteiger partial charge in [-0.25, -0.2) is 0 Å². The van der Waals surface area contributed by atoms with Crippen LogP contribution in [0.1, 0.15) is 16.1 Å². The van der Waals surface area contributed by atoms with Gasteiger partial charge in [0.2, 0.25) is 0 Å². The molecule has 0 spiro atoms. The SMILES string of the molecule is CN=Cc1ccccc1CSc1nnc(C(O)(O)C(F)(F)F)s1. The molecule has 0 aliphatic carbocycles. The zero-order valence-corrected chi connectivity index (χ0v) is 13.4. The van der Waals surface area contributed by atoms with E-state index in [0.717, 1.165) is 22.9 Å². The van der Waals surface area contributed by atoms with Crippen LogP contribution >= 0.6 is 23.1 Å². The number of nitrogens with zero attached hydrogens (tertiary/aromatic N) is 3. The third-order valence-corrected chi connectivity index (χ3v) is 4.98. The van der Waals surface area contributed by atoms with Gasteiger partial charge in [-0.2, -0.15) is 13.2 Å². The summed E-state index contributed by atoms with van der Waals surface area (Å²) in [6, 6.07) is 7.42. The topological polar surface area (TPSA) is 78.6 Å². The van der Waals surface area contributed by atoms with Gasteiger partial charge < -0.3 is 10.2 Å². The number of rotatable bonds is 5. The fraction of sp³-hybridized carbons (Fsp3) is 0.308. The molecule has 0 amide bonds. The van der Waals surface area contributed by atoms with Crippen molar-refractivity contribution in [2.45, 2.75) is 22.1 Å². The molecule has 0 aliphatic rings. The Labute approximate surface area is 137 Å². The van der Waals surface area contributed by atoms with Gasteiger partial charge in [0.05, 0.1) is 0 Å². The summed E-state index contributed by atoms with van der Waals surface area (Å²) in [5, 5.41) is 24.2. The van der Waals surface area contributed by atoms with E-state index in [-0.39, 0.29) is 4.34 Å². The monoisotopic (exact) mass is 363 g/mol. The molecule has 0 atom stereocenters. The van der Waals surface area contributed by atoms with Crippen molar-refractivity contribution in [3.63, 3.8) is 0 Å². The second-order valence-electron chi connectivity index (χ2n) is 4.42. The first-order valence-electron chi connectivity index (χ1n) is 6.24. The summed E-state index contributed by atoms with van der Waals surface area (Å²) in [6.07, 6.45) is -3.56. The third kappa shape index (κ3) is 4.08. The zero-order valence-electron chi connectivity index (χ0n) is 11.8. The van der Waals surface area contributed by atoms with E-state index in [1.165, 1.54) is 0 Å². The van der Waals surface area contributed by atoms with Gasteiger partial charge in [0.25, 0.3) is 0 Å². The molecule has 10 heteroatoms. The molecule has 1 aromatic heterocycles. The van der Waals surface area contributed by atoms with Gasteiger partial charge in [0.15, 0.2) is 9.35 Å². The first kappa shape index (κ1) is 17.9. The molecule has 2 rings (SSSR count). The standard InChI is InChI=1S/C13H12F3N3O2S2/c1-17-6-8-4-2-3-5-9(8)7-22-11-19-18-10(23-11)12(20,21)13(14,15)16/h2-6,20-21H,7H2,1H3. The molecule has 124 valence electrons. The molecule has 2 N–H and O–H groups in total. The van der Waals surface area contributed by atoms with E-state index in [4.69, 9.17) is 10.2 Å². The summed E-state index contributed by atoms with van der Waals surface area (Å²) < 4.78 is 37.8. The third-order valence-electron chi connectivity index (χ3n) is 2.77. The van der Waals surface area contributed by atoms with E-state index >= 15 is 0 Å². The average Bonchev–Trinajstić information content (AvgIpc) is 2.95. The minimum Gasteiger partial charge on any atom is -0.353 e. The number of thioether (sulfide) groups is 1. The largest absolute Gasteiger partial charge is 0.450 e. The highest BCUT2D eigenvalue weighted by molar-refractivity contribution is 8.00. The quantitative estimate of drug-likeness (QED) is 0.485. The number of hydrogen-bond acceptors (Lipinski definition) is 7. The van der Waals surface area contributed by atoms with E-state index in [0.29, 0.717) is 17.1 Å².